The molecule has 124 valence electrons. The van der Waals surface area contributed by atoms with Gasteiger partial charge >= 0.3 is 0 Å². The van der Waals surface area contributed by atoms with Crippen molar-refractivity contribution in [2.24, 2.45) is 0 Å². The number of aromatic nitrogens is 2. The number of methoxy groups -OCH3 is 1. The Kier molecular flexibility index (Phi) is 4.73. The van der Waals surface area contributed by atoms with E-state index in [0.29, 0.717) is 24.8 Å². The molecule has 1 fully saturated rings. The minimum atomic E-state index is -0.101. The van der Waals surface area contributed by atoms with Crippen LogP contribution in [0.4, 0.5) is 0 Å². The van der Waals surface area contributed by atoms with Gasteiger partial charge in [-0.15, -0.1) is 0 Å². The van der Waals surface area contributed by atoms with Crippen molar-refractivity contribution in [1.82, 2.24) is 20.4 Å². The van der Waals surface area contributed by atoms with E-state index >= 15 is 0 Å². The van der Waals surface area contributed by atoms with Crippen molar-refractivity contribution in [2.75, 3.05) is 20.2 Å². The van der Waals surface area contributed by atoms with Gasteiger partial charge in [0.2, 0.25) is 11.8 Å². The molecule has 0 unspecified atom stereocenters. The second-order valence-corrected chi connectivity index (χ2v) is 5.57. The van der Waals surface area contributed by atoms with Crippen molar-refractivity contribution >= 4 is 5.91 Å². The molecule has 1 N–H and O–H groups in total. The SMILES string of the molecule is CO[C@@H]1C[C@H](c2nc(C)no2)N(CC(=O)NCc2ccco2)C1. The zero-order valence-corrected chi connectivity index (χ0v) is 13.2. The van der Waals surface area contributed by atoms with E-state index in [4.69, 9.17) is 13.7 Å². The van der Waals surface area contributed by atoms with Crippen LogP contribution in [-0.4, -0.2) is 47.3 Å². The number of rotatable bonds is 6. The standard InChI is InChI=1S/C15H20N4O4/c1-10-17-15(23-18-10)13-6-12(21-2)8-19(13)9-14(20)16-7-11-4-3-5-22-11/h3-5,12-13H,6-9H2,1-2H3,(H,16,20)/t12-,13-/m1/s1. The molecule has 0 saturated carbocycles. The molecule has 2 aromatic heterocycles. The molecular weight excluding hydrogens is 300 g/mol. The van der Waals surface area contributed by atoms with Crippen LogP contribution in [-0.2, 0) is 16.1 Å². The molecule has 1 aliphatic rings. The molecular formula is C15H20N4O4. The highest BCUT2D eigenvalue weighted by Gasteiger charge is 2.37. The number of carbonyl (C=O) groups is 1. The van der Waals surface area contributed by atoms with Crippen molar-refractivity contribution in [1.29, 1.82) is 0 Å². The van der Waals surface area contributed by atoms with Crippen molar-refractivity contribution in [3.05, 3.63) is 35.9 Å². The number of ether oxygens (including phenoxy) is 1. The van der Waals surface area contributed by atoms with Crippen LogP contribution in [0.2, 0.25) is 0 Å². The highest BCUT2D eigenvalue weighted by molar-refractivity contribution is 5.78. The summed E-state index contributed by atoms with van der Waals surface area (Å²) in [5.41, 5.74) is 0. The van der Waals surface area contributed by atoms with Crippen LogP contribution in [0.5, 0.6) is 0 Å². The molecule has 0 spiro atoms. The number of likely N-dealkylation sites (tertiary alicyclic amines) is 1. The summed E-state index contributed by atoms with van der Waals surface area (Å²) in [5, 5.41) is 6.67. The number of furan rings is 1. The van der Waals surface area contributed by atoms with Crippen LogP contribution in [0, 0.1) is 6.92 Å². The Morgan fingerprint density at radius 2 is 2.43 bits per heavy atom. The fraction of sp³-hybridized carbons (Fsp3) is 0.533. The van der Waals surface area contributed by atoms with Gasteiger partial charge in [-0.1, -0.05) is 5.16 Å². The van der Waals surface area contributed by atoms with Crippen molar-refractivity contribution in [2.45, 2.75) is 32.0 Å². The Hall–Kier alpha value is -2.19. The highest BCUT2D eigenvalue weighted by Crippen LogP contribution is 2.31. The number of hydrogen-bond acceptors (Lipinski definition) is 7. The molecule has 3 rings (SSSR count). The van der Waals surface area contributed by atoms with E-state index in [1.807, 2.05) is 11.0 Å². The molecule has 0 aromatic carbocycles. The molecule has 8 nitrogen and oxygen atoms in total. The van der Waals surface area contributed by atoms with Crippen molar-refractivity contribution < 1.29 is 18.5 Å². The van der Waals surface area contributed by atoms with Gasteiger partial charge in [0.15, 0.2) is 5.82 Å². The summed E-state index contributed by atoms with van der Waals surface area (Å²) in [5.74, 6) is 1.75. The molecule has 0 radical (unpaired) electrons. The smallest absolute Gasteiger partial charge is 0.244 e. The number of carbonyl (C=O) groups excluding carboxylic acids is 1. The number of hydrogen-bond donors (Lipinski definition) is 1. The first-order valence-corrected chi connectivity index (χ1v) is 7.52. The van der Waals surface area contributed by atoms with Gasteiger partial charge in [0.25, 0.3) is 0 Å². The van der Waals surface area contributed by atoms with E-state index in [1.54, 1.807) is 26.4 Å². The predicted molar refractivity (Wildman–Crippen MR) is 79.3 cm³/mol. The van der Waals surface area contributed by atoms with Crippen LogP contribution in [0.3, 0.4) is 0 Å². The van der Waals surface area contributed by atoms with Gasteiger partial charge in [-0.25, -0.2) is 0 Å². The average molecular weight is 320 g/mol. The van der Waals surface area contributed by atoms with Crippen LogP contribution in [0.1, 0.15) is 29.9 Å². The Labute approximate surface area is 133 Å². The second-order valence-electron chi connectivity index (χ2n) is 5.57. The Morgan fingerprint density at radius 3 is 3.09 bits per heavy atom. The normalized spacial score (nSPS) is 21.7. The summed E-state index contributed by atoms with van der Waals surface area (Å²) >= 11 is 0. The van der Waals surface area contributed by atoms with Crippen LogP contribution >= 0.6 is 0 Å². The summed E-state index contributed by atoms with van der Waals surface area (Å²) < 4.78 is 15.9. The largest absolute Gasteiger partial charge is 0.467 e. The van der Waals surface area contributed by atoms with Crippen LogP contribution in [0.15, 0.2) is 27.3 Å². The molecule has 23 heavy (non-hydrogen) atoms. The number of nitrogens with one attached hydrogen (secondary N) is 1. The van der Waals surface area contributed by atoms with E-state index in [9.17, 15) is 4.79 Å². The fourth-order valence-corrected chi connectivity index (χ4v) is 2.75. The fourth-order valence-electron chi connectivity index (χ4n) is 2.75. The zero-order valence-electron chi connectivity index (χ0n) is 13.2. The highest BCUT2D eigenvalue weighted by atomic mass is 16.5. The summed E-state index contributed by atoms with van der Waals surface area (Å²) in [6.07, 6.45) is 2.35. The van der Waals surface area contributed by atoms with Crippen LogP contribution in [0.25, 0.3) is 0 Å². The van der Waals surface area contributed by atoms with Crippen molar-refractivity contribution in [3.63, 3.8) is 0 Å². The summed E-state index contributed by atoms with van der Waals surface area (Å²) in [4.78, 5) is 18.5. The first-order chi connectivity index (χ1) is 11.2. The van der Waals surface area contributed by atoms with Gasteiger partial charge < -0.3 is 19.0 Å². The lowest BCUT2D eigenvalue weighted by molar-refractivity contribution is -0.122. The van der Waals surface area contributed by atoms with Gasteiger partial charge in [-0.3, -0.25) is 9.69 Å². The summed E-state index contributed by atoms with van der Waals surface area (Å²) in [6, 6.07) is 3.51. The van der Waals surface area contributed by atoms with E-state index in [0.717, 1.165) is 12.2 Å². The third-order valence-electron chi connectivity index (χ3n) is 3.91. The molecule has 0 bridgehead atoms. The lowest BCUT2D eigenvalue weighted by Crippen LogP contribution is -2.37. The number of nitrogens with zero attached hydrogens (tertiary/aromatic N) is 3. The maximum Gasteiger partial charge on any atom is 0.244 e. The minimum Gasteiger partial charge on any atom is -0.467 e. The maximum absolute atomic E-state index is 12.2. The van der Waals surface area contributed by atoms with E-state index in [1.165, 1.54) is 0 Å². The van der Waals surface area contributed by atoms with Gasteiger partial charge in [-0.2, -0.15) is 4.98 Å². The predicted octanol–water partition coefficient (Wildman–Crippen LogP) is 1.05. The number of aryl methyl sites for hydroxylation is 1. The molecule has 1 amide bonds. The first-order valence-electron chi connectivity index (χ1n) is 7.52. The van der Waals surface area contributed by atoms with E-state index in [-0.39, 0.29) is 24.6 Å². The first kappa shape index (κ1) is 15.7. The third kappa shape index (κ3) is 3.77. The molecule has 1 aliphatic heterocycles. The second kappa shape index (κ2) is 6.93. The molecule has 2 aromatic rings. The topological polar surface area (TPSA) is 93.6 Å². The molecule has 8 heteroatoms. The monoisotopic (exact) mass is 320 g/mol. The maximum atomic E-state index is 12.2. The third-order valence-corrected chi connectivity index (χ3v) is 3.91. The minimum absolute atomic E-state index is 0.0464. The molecule has 3 heterocycles. The summed E-state index contributed by atoms with van der Waals surface area (Å²) in [6.45, 7) is 3.04. The lowest BCUT2D eigenvalue weighted by Gasteiger charge is -2.20. The van der Waals surface area contributed by atoms with Gasteiger partial charge in [0, 0.05) is 13.7 Å². The van der Waals surface area contributed by atoms with E-state index < -0.39 is 0 Å². The van der Waals surface area contributed by atoms with Crippen molar-refractivity contribution in [3.8, 4) is 0 Å². The Morgan fingerprint density at radius 1 is 1.57 bits per heavy atom. The van der Waals surface area contributed by atoms with E-state index in [2.05, 4.69) is 15.5 Å². The van der Waals surface area contributed by atoms with Crippen LogP contribution < -0.4 is 5.32 Å². The number of amides is 1. The molecule has 0 aliphatic carbocycles. The van der Waals surface area contributed by atoms with Gasteiger partial charge in [0.05, 0.1) is 31.5 Å². The molecule has 2 atom stereocenters. The summed E-state index contributed by atoms with van der Waals surface area (Å²) in [7, 11) is 1.67. The quantitative estimate of drug-likeness (QED) is 0.850. The van der Waals surface area contributed by atoms with Gasteiger partial charge in [-0.05, 0) is 25.5 Å². The molecule has 1 saturated heterocycles. The zero-order chi connectivity index (χ0) is 16.2. The Balaban J connectivity index is 1.60. The lowest BCUT2D eigenvalue weighted by atomic mass is 10.2. The Bertz CT molecular complexity index is 640. The average Bonchev–Trinajstić information content (AvgIpc) is 3.25. The van der Waals surface area contributed by atoms with Gasteiger partial charge in [0.1, 0.15) is 5.76 Å².